The molecule has 0 spiro atoms. The van der Waals surface area contributed by atoms with E-state index in [-0.39, 0.29) is 5.75 Å². The molecule has 0 aromatic heterocycles. The lowest BCUT2D eigenvalue weighted by Crippen LogP contribution is -2.42. The van der Waals surface area contributed by atoms with Gasteiger partial charge in [-0.3, -0.25) is 4.99 Å². The molecule has 130 valence electrons. The van der Waals surface area contributed by atoms with E-state index in [1.807, 2.05) is 18.2 Å². The highest BCUT2D eigenvalue weighted by Gasteiger charge is 2.28. The zero-order valence-electron chi connectivity index (χ0n) is 14.3. The lowest BCUT2D eigenvalue weighted by atomic mass is 10.3. The van der Waals surface area contributed by atoms with E-state index in [0.717, 1.165) is 12.3 Å². The minimum absolute atomic E-state index is 0.0932. The molecule has 23 heavy (non-hydrogen) atoms. The molecule has 5 nitrogen and oxygen atoms in total. The molecule has 0 aliphatic carbocycles. The number of sulfone groups is 1. The first-order valence-corrected chi connectivity index (χ1v) is 10.2. The highest BCUT2D eigenvalue weighted by molar-refractivity contribution is 7.99. The maximum absolute atomic E-state index is 12.0. The highest BCUT2D eigenvalue weighted by Crippen LogP contribution is 2.16. The summed E-state index contributed by atoms with van der Waals surface area (Å²) in [5.41, 5.74) is 0. The van der Waals surface area contributed by atoms with Gasteiger partial charge in [0, 0.05) is 30.8 Å². The van der Waals surface area contributed by atoms with Crippen LogP contribution in [0.15, 0.2) is 40.2 Å². The van der Waals surface area contributed by atoms with Gasteiger partial charge in [0.2, 0.25) is 0 Å². The van der Waals surface area contributed by atoms with Crippen molar-refractivity contribution in [3.63, 3.8) is 0 Å². The second-order valence-electron chi connectivity index (χ2n) is 6.02. The van der Waals surface area contributed by atoms with E-state index < -0.39 is 14.6 Å². The van der Waals surface area contributed by atoms with Gasteiger partial charge in [0.1, 0.15) is 0 Å². The first kappa shape index (κ1) is 19.8. The van der Waals surface area contributed by atoms with Gasteiger partial charge in [-0.15, -0.1) is 11.8 Å². The third kappa shape index (κ3) is 7.26. The van der Waals surface area contributed by atoms with Crippen molar-refractivity contribution in [3.05, 3.63) is 30.3 Å². The summed E-state index contributed by atoms with van der Waals surface area (Å²) in [6.45, 7) is 6.26. The lowest BCUT2D eigenvalue weighted by Gasteiger charge is -2.19. The van der Waals surface area contributed by atoms with E-state index in [1.54, 1.807) is 39.6 Å². The molecule has 0 aliphatic heterocycles. The van der Waals surface area contributed by atoms with Crippen LogP contribution in [0.1, 0.15) is 20.8 Å². The summed E-state index contributed by atoms with van der Waals surface area (Å²) in [6.07, 6.45) is 0. The van der Waals surface area contributed by atoms with Crippen molar-refractivity contribution in [1.82, 2.24) is 10.6 Å². The Kier molecular flexibility index (Phi) is 7.91. The van der Waals surface area contributed by atoms with Crippen LogP contribution in [-0.2, 0) is 9.84 Å². The highest BCUT2D eigenvalue weighted by atomic mass is 32.2. The summed E-state index contributed by atoms with van der Waals surface area (Å²) >= 11 is 1.76. The van der Waals surface area contributed by atoms with Crippen molar-refractivity contribution in [1.29, 1.82) is 0 Å². The fourth-order valence-electron chi connectivity index (χ4n) is 1.69. The molecule has 0 atom stereocenters. The Morgan fingerprint density at radius 3 is 2.30 bits per heavy atom. The Bertz CT molecular complexity index is 594. The summed E-state index contributed by atoms with van der Waals surface area (Å²) in [7, 11) is -1.43. The first-order valence-electron chi connectivity index (χ1n) is 7.61. The molecule has 0 fully saturated rings. The third-order valence-corrected chi connectivity index (χ3v) is 6.85. The van der Waals surface area contributed by atoms with Crippen LogP contribution >= 0.6 is 11.8 Å². The second-order valence-corrected chi connectivity index (χ2v) is 10.0. The van der Waals surface area contributed by atoms with Crippen molar-refractivity contribution in [2.45, 2.75) is 30.4 Å². The number of benzene rings is 1. The molecular formula is C16H27N3O2S2. The number of guanidine groups is 1. The minimum Gasteiger partial charge on any atom is -0.356 e. The summed E-state index contributed by atoms with van der Waals surface area (Å²) < 4.78 is 23.3. The molecule has 0 bridgehead atoms. The Labute approximate surface area is 144 Å². The van der Waals surface area contributed by atoms with E-state index >= 15 is 0 Å². The predicted octanol–water partition coefficient (Wildman–Crippen LogP) is 2.16. The number of nitrogens with one attached hydrogen (secondary N) is 2. The number of hydrogen-bond donors (Lipinski definition) is 2. The molecule has 0 aliphatic rings. The lowest BCUT2D eigenvalue weighted by molar-refractivity contribution is 0.559. The Morgan fingerprint density at radius 1 is 1.13 bits per heavy atom. The normalized spacial score (nSPS) is 13.0. The van der Waals surface area contributed by atoms with Crippen LogP contribution in [0.2, 0.25) is 0 Å². The van der Waals surface area contributed by atoms with Gasteiger partial charge < -0.3 is 10.6 Å². The SMILES string of the molecule is CN=C(NCCSc1ccccc1)NCCS(=O)(=O)C(C)(C)C. The van der Waals surface area contributed by atoms with Gasteiger partial charge in [0.15, 0.2) is 15.8 Å². The molecule has 0 amide bonds. The average Bonchev–Trinajstić information content (AvgIpc) is 2.49. The van der Waals surface area contributed by atoms with Crippen molar-refractivity contribution in [3.8, 4) is 0 Å². The molecule has 1 rings (SSSR count). The predicted molar refractivity (Wildman–Crippen MR) is 100 cm³/mol. The van der Waals surface area contributed by atoms with Gasteiger partial charge in [0.05, 0.1) is 10.5 Å². The van der Waals surface area contributed by atoms with E-state index in [4.69, 9.17) is 0 Å². The number of nitrogens with zero attached hydrogens (tertiary/aromatic N) is 1. The van der Waals surface area contributed by atoms with Gasteiger partial charge in [-0.2, -0.15) is 0 Å². The van der Waals surface area contributed by atoms with Crippen LogP contribution in [0.5, 0.6) is 0 Å². The van der Waals surface area contributed by atoms with Gasteiger partial charge in [0.25, 0.3) is 0 Å². The smallest absolute Gasteiger partial charge is 0.191 e. The monoisotopic (exact) mass is 357 g/mol. The summed E-state index contributed by atoms with van der Waals surface area (Å²) in [4.78, 5) is 5.33. The van der Waals surface area contributed by atoms with Crippen molar-refractivity contribution < 1.29 is 8.42 Å². The van der Waals surface area contributed by atoms with Gasteiger partial charge in [-0.1, -0.05) is 18.2 Å². The van der Waals surface area contributed by atoms with Crippen LogP contribution < -0.4 is 10.6 Å². The maximum Gasteiger partial charge on any atom is 0.191 e. The standard InChI is InChI=1S/C16H27N3O2S2/c1-16(2,3)23(20,21)13-11-19-15(17-4)18-10-12-22-14-8-6-5-7-9-14/h5-9H,10-13H2,1-4H3,(H2,17,18,19). The number of hydrogen-bond acceptors (Lipinski definition) is 4. The molecule has 0 radical (unpaired) electrons. The number of rotatable bonds is 7. The Hall–Kier alpha value is -1.21. The zero-order chi connectivity index (χ0) is 17.3. The van der Waals surface area contributed by atoms with Crippen LogP contribution in [0, 0.1) is 0 Å². The molecule has 0 unspecified atom stereocenters. The van der Waals surface area contributed by atoms with Crippen LogP contribution in [0.3, 0.4) is 0 Å². The Morgan fingerprint density at radius 2 is 1.74 bits per heavy atom. The van der Waals surface area contributed by atoms with Crippen molar-refractivity contribution >= 4 is 27.6 Å². The van der Waals surface area contributed by atoms with Gasteiger partial charge in [-0.25, -0.2) is 8.42 Å². The molecule has 7 heteroatoms. The molecule has 0 saturated heterocycles. The number of aliphatic imine (C=N–C) groups is 1. The molecule has 0 saturated carbocycles. The zero-order valence-corrected chi connectivity index (χ0v) is 15.9. The summed E-state index contributed by atoms with van der Waals surface area (Å²) in [5.74, 6) is 1.63. The molecule has 1 aromatic carbocycles. The van der Waals surface area contributed by atoms with Gasteiger partial charge in [-0.05, 0) is 32.9 Å². The minimum atomic E-state index is -3.11. The number of thioether (sulfide) groups is 1. The molecular weight excluding hydrogens is 330 g/mol. The fraction of sp³-hybridized carbons (Fsp3) is 0.562. The first-order chi connectivity index (χ1) is 10.8. The van der Waals surface area contributed by atoms with Crippen LogP contribution in [0.25, 0.3) is 0 Å². The quantitative estimate of drug-likeness (QED) is 0.339. The molecule has 0 heterocycles. The van der Waals surface area contributed by atoms with E-state index in [2.05, 4.69) is 27.8 Å². The Balaban J connectivity index is 2.28. The van der Waals surface area contributed by atoms with E-state index in [9.17, 15) is 8.42 Å². The van der Waals surface area contributed by atoms with Crippen LogP contribution in [-0.4, -0.2) is 50.8 Å². The van der Waals surface area contributed by atoms with Crippen molar-refractivity contribution in [2.75, 3.05) is 31.6 Å². The van der Waals surface area contributed by atoms with E-state index in [1.165, 1.54) is 4.90 Å². The molecule has 1 aromatic rings. The second kappa shape index (κ2) is 9.17. The summed E-state index contributed by atoms with van der Waals surface area (Å²) in [6, 6.07) is 10.2. The summed E-state index contributed by atoms with van der Waals surface area (Å²) in [5, 5.41) is 6.23. The maximum atomic E-state index is 12.0. The average molecular weight is 358 g/mol. The van der Waals surface area contributed by atoms with E-state index in [0.29, 0.717) is 12.5 Å². The molecule has 2 N–H and O–H groups in total. The topological polar surface area (TPSA) is 70.6 Å². The fourth-order valence-corrected chi connectivity index (χ4v) is 3.46. The third-order valence-electron chi connectivity index (χ3n) is 3.23. The van der Waals surface area contributed by atoms with Crippen LogP contribution in [0.4, 0.5) is 0 Å². The van der Waals surface area contributed by atoms with Gasteiger partial charge >= 0.3 is 0 Å². The van der Waals surface area contributed by atoms with Crippen molar-refractivity contribution in [2.24, 2.45) is 4.99 Å². The largest absolute Gasteiger partial charge is 0.356 e.